The van der Waals surface area contributed by atoms with Crippen molar-refractivity contribution in [3.63, 3.8) is 0 Å². The molecule has 8 nitrogen and oxygen atoms in total. The number of aromatic nitrogens is 3. The van der Waals surface area contributed by atoms with Gasteiger partial charge in [-0.3, -0.25) is 9.59 Å². The van der Waals surface area contributed by atoms with Crippen LogP contribution in [-0.2, 0) is 15.7 Å². The second kappa shape index (κ2) is 7.64. The number of esters is 1. The molecule has 1 unspecified atom stereocenters. The first kappa shape index (κ1) is 19.6. The molecule has 0 saturated heterocycles. The molecule has 1 amide bonds. The second-order valence-corrected chi connectivity index (χ2v) is 5.78. The Morgan fingerprint density at radius 3 is 2.69 bits per heavy atom. The minimum absolute atomic E-state index is 0.0193. The van der Waals surface area contributed by atoms with Gasteiger partial charge in [0.15, 0.2) is 16.5 Å². The summed E-state index contributed by atoms with van der Waals surface area (Å²) in [7, 11) is 0. The Hall–Kier alpha value is -2.76. The lowest BCUT2D eigenvalue weighted by molar-refractivity contribution is -0.142. The van der Waals surface area contributed by atoms with Crippen LogP contribution in [0.1, 0.15) is 36.1 Å². The fraction of sp³-hybridized carbons (Fsp3) is 0.357. The van der Waals surface area contributed by atoms with Gasteiger partial charge >= 0.3 is 12.1 Å². The van der Waals surface area contributed by atoms with Gasteiger partial charge in [0.2, 0.25) is 0 Å². The smallest absolute Gasteiger partial charge is 0.435 e. The Bertz CT molecular complexity index is 878. The first-order valence-electron chi connectivity index (χ1n) is 7.24. The molecule has 0 aliphatic rings. The molecule has 12 heteroatoms. The van der Waals surface area contributed by atoms with Crippen LogP contribution in [0.5, 0.6) is 0 Å². The molecular weight excluding hydrogens is 377 g/mol. The number of amides is 1. The highest BCUT2D eigenvalue weighted by molar-refractivity contribution is 7.14. The van der Waals surface area contributed by atoms with Gasteiger partial charge in [-0.05, 0) is 19.9 Å². The number of carbonyl (C=O) groups excluding carboxylic acids is 2. The summed E-state index contributed by atoms with van der Waals surface area (Å²) < 4.78 is 43.3. The number of halogens is 3. The Morgan fingerprint density at radius 2 is 2.08 bits per heavy atom. The highest BCUT2D eigenvalue weighted by Crippen LogP contribution is 2.26. The zero-order valence-corrected chi connectivity index (χ0v) is 14.3. The van der Waals surface area contributed by atoms with Gasteiger partial charge in [0, 0.05) is 11.4 Å². The molecule has 2 rings (SSSR count). The predicted octanol–water partition coefficient (Wildman–Crippen LogP) is 2.09. The Kier molecular flexibility index (Phi) is 5.75. The van der Waals surface area contributed by atoms with Crippen LogP contribution in [-0.4, -0.2) is 33.2 Å². The van der Waals surface area contributed by atoms with Gasteiger partial charge in [0.25, 0.3) is 11.5 Å². The largest absolute Gasteiger partial charge is 0.461 e. The maximum atomic E-state index is 12.7. The molecule has 0 aliphatic carbocycles. The summed E-state index contributed by atoms with van der Waals surface area (Å²) in [6, 6.07) is -0.114. The van der Waals surface area contributed by atoms with Crippen molar-refractivity contribution in [3.8, 4) is 0 Å². The highest BCUT2D eigenvalue weighted by Gasteiger charge is 2.34. The van der Waals surface area contributed by atoms with Crippen LogP contribution in [0.25, 0.3) is 0 Å². The number of alkyl halides is 3. The SMILES string of the molecule is CCOC(=O)c1csc(NC(=O)C(C)n2nc(C(F)(F)F)ccc2=O)n1. The third-order valence-electron chi connectivity index (χ3n) is 3.08. The maximum absolute atomic E-state index is 12.7. The van der Waals surface area contributed by atoms with Crippen molar-refractivity contribution in [1.82, 2.24) is 14.8 Å². The van der Waals surface area contributed by atoms with Crippen LogP contribution in [0.3, 0.4) is 0 Å². The molecule has 140 valence electrons. The number of nitrogens with one attached hydrogen (secondary N) is 1. The first-order chi connectivity index (χ1) is 12.1. The summed E-state index contributed by atoms with van der Waals surface area (Å²) in [4.78, 5) is 39.3. The van der Waals surface area contributed by atoms with E-state index in [2.05, 4.69) is 15.4 Å². The zero-order valence-electron chi connectivity index (χ0n) is 13.5. The van der Waals surface area contributed by atoms with Crippen molar-refractivity contribution in [2.45, 2.75) is 26.1 Å². The van der Waals surface area contributed by atoms with E-state index >= 15 is 0 Å². The van der Waals surface area contributed by atoms with E-state index in [4.69, 9.17) is 4.74 Å². The number of rotatable bonds is 5. The third kappa shape index (κ3) is 4.45. The number of hydrogen-bond acceptors (Lipinski definition) is 7. The van der Waals surface area contributed by atoms with Crippen molar-refractivity contribution in [3.05, 3.63) is 39.3 Å². The Labute approximate surface area is 148 Å². The average molecular weight is 390 g/mol. The van der Waals surface area contributed by atoms with E-state index in [1.807, 2.05) is 0 Å². The standard InChI is InChI=1S/C14H13F3N4O4S/c1-3-25-12(24)8-6-26-13(18-8)19-11(23)7(2)21-10(22)5-4-9(20-21)14(15,16)17/h4-7H,3H2,1-2H3,(H,18,19,23). The molecule has 0 radical (unpaired) electrons. The molecule has 2 heterocycles. The molecule has 0 fully saturated rings. The van der Waals surface area contributed by atoms with Gasteiger partial charge in [-0.15, -0.1) is 11.3 Å². The summed E-state index contributed by atoms with van der Waals surface area (Å²) in [5.41, 5.74) is -2.18. The number of nitrogens with zero attached hydrogens (tertiary/aromatic N) is 3. The lowest BCUT2D eigenvalue weighted by atomic mass is 10.3. The van der Waals surface area contributed by atoms with E-state index in [-0.39, 0.29) is 17.4 Å². The topological polar surface area (TPSA) is 103 Å². The van der Waals surface area contributed by atoms with E-state index in [1.165, 1.54) is 12.3 Å². The number of anilines is 1. The minimum Gasteiger partial charge on any atom is -0.461 e. The van der Waals surface area contributed by atoms with Crippen molar-refractivity contribution in [1.29, 1.82) is 0 Å². The molecule has 0 spiro atoms. The van der Waals surface area contributed by atoms with E-state index < -0.39 is 35.3 Å². The van der Waals surface area contributed by atoms with Gasteiger partial charge < -0.3 is 10.1 Å². The summed E-state index contributed by atoms with van der Waals surface area (Å²) in [6.07, 6.45) is -4.75. The lowest BCUT2D eigenvalue weighted by Gasteiger charge is -2.14. The Morgan fingerprint density at radius 1 is 1.38 bits per heavy atom. The second-order valence-electron chi connectivity index (χ2n) is 4.92. The molecular formula is C14H13F3N4O4S. The number of hydrogen-bond donors (Lipinski definition) is 1. The molecule has 1 N–H and O–H groups in total. The molecule has 0 bridgehead atoms. The normalized spacial score (nSPS) is 12.5. The lowest BCUT2D eigenvalue weighted by Crippen LogP contribution is -2.34. The van der Waals surface area contributed by atoms with Crippen molar-refractivity contribution in [2.24, 2.45) is 0 Å². The highest BCUT2D eigenvalue weighted by atomic mass is 32.1. The third-order valence-corrected chi connectivity index (χ3v) is 3.84. The Balaban J connectivity index is 2.18. The van der Waals surface area contributed by atoms with Gasteiger partial charge in [0.05, 0.1) is 6.61 Å². The van der Waals surface area contributed by atoms with Crippen LogP contribution < -0.4 is 10.9 Å². The molecule has 2 aromatic heterocycles. The van der Waals surface area contributed by atoms with Crippen molar-refractivity contribution < 1.29 is 27.5 Å². The molecule has 26 heavy (non-hydrogen) atoms. The van der Waals surface area contributed by atoms with E-state index in [9.17, 15) is 27.6 Å². The fourth-order valence-electron chi connectivity index (χ4n) is 1.80. The average Bonchev–Trinajstić information content (AvgIpc) is 3.02. The summed E-state index contributed by atoms with van der Waals surface area (Å²) in [5, 5.41) is 6.90. The fourth-order valence-corrected chi connectivity index (χ4v) is 2.49. The number of carbonyl (C=O) groups is 2. The zero-order chi connectivity index (χ0) is 19.5. The first-order valence-corrected chi connectivity index (χ1v) is 8.12. The van der Waals surface area contributed by atoms with E-state index in [1.54, 1.807) is 6.92 Å². The van der Waals surface area contributed by atoms with Crippen LogP contribution in [0.4, 0.5) is 18.3 Å². The molecule has 0 aliphatic heterocycles. The van der Waals surface area contributed by atoms with E-state index in [0.717, 1.165) is 11.3 Å². The van der Waals surface area contributed by atoms with E-state index in [0.29, 0.717) is 16.8 Å². The van der Waals surface area contributed by atoms with Crippen LogP contribution >= 0.6 is 11.3 Å². The van der Waals surface area contributed by atoms with Crippen LogP contribution in [0.15, 0.2) is 22.3 Å². The number of thiazole rings is 1. The van der Waals surface area contributed by atoms with Crippen LogP contribution in [0.2, 0.25) is 0 Å². The summed E-state index contributed by atoms with van der Waals surface area (Å²) in [5.74, 6) is -1.49. The van der Waals surface area contributed by atoms with Gasteiger partial charge in [-0.1, -0.05) is 0 Å². The van der Waals surface area contributed by atoms with Crippen molar-refractivity contribution in [2.75, 3.05) is 11.9 Å². The van der Waals surface area contributed by atoms with Gasteiger partial charge in [-0.2, -0.15) is 18.3 Å². The van der Waals surface area contributed by atoms with Crippen molar-refractivity contribution >= 4 is 28.3 Å². The maximum Gasteiger partial charge on any atom is 0.435 e. The predicted molar refractivity (Wildman–Crippen MR) is 84.9 cm³/mol. The summed E-state index contributed by atoms with van der Waals surface area (Å²) in [6.45, 7) is 2.98. The summed E-state index contributed by atoms with van der Waals surface area (Å²) >= 11 is 0.925. The minimum atomic E-state index is -4.75. The number of ether oxygens (including phenoxy) is 1. The van der Waals surface area contributed by atoms with Crippen LogP contribution in [0, 0.1) is 0 Å². The molecule has 0 aromatic carbocycles. The van der Waals surface area contributed by atoms with Gasteiger partial charge in [-0.25, -0.2) is 14.5 Å². The molecule has 0 saturated carbocycles. The monoisotopic (exact) mass is 390 g/mol. The molecule has 1 atom stereocenters. The quantitative estimate of drug-likeness (QED) is 0.785. The van der Waals surface area contributed by atoms with Gasteiger partial charge in [0.1, 0.15) is 6.04 Å². The molecule has 2 aromatic rings.